The molecule has 6 N–H and O–H groups in total. The van der Waals surface area contributed by atoms with Gasteiger partial charge in [0.25, 0.3) is 0 Å². The van der Waals surface area contributed by atoms with Crippen molar-refractivity contribution in [1.82, 2.24) is 24.9 Å². The molecule has 4 heterocycles. The van der Waals surface area contributed by atoms with Gasteiger partial charge in [0.05, 0.1) is 112 Å². The molecule has 0 amide bonds. The summed E-state index contributed by atoms with van der Waals surface area (Å²) < 4.78 is 45.3. The van der Waals surface area contributed by atoms with E-state index in [2.05, 4.69) is 26.0 Å². The third-order valence-corrected chi connectivity index (χ3v) is 10.7. The molecular weight excluding hydrogens is 1450 g/mol. The number of fused-ring (bicyclic) bond motifs is 7. The van der Waals surface area contributed by atoms with Gasteiger partial charge in [-0.25, -0.2) is 9.97 Å². The summed E-state index contributed by atoms with van der Waals surface area (Å²) in [5, 5.41) is 19.7. The van der Waals surface area contributed by atoms with Gasteiger partial charge < -0.3 is 64.0 Å². The fourth-order valence-electron chi connectivity index (χ4n) is 7.33. The molecule has 0 aliphatic carbocycles. The molecule has 0 atom stereocenters. The zero-order valence-corrected chi connectivity index (χ0v) is 52.3. The molecule has 2 aliphatic heterocycles. The molecular formula is C48H70Ac2GdN5O12-. The van der Waals surface area contributed by atoms with Crippen LogP contribution in [-0.4, -0.2) is 148 Å². The number of nitrogens with zero attached hydrogens (tertiary/aromatic N) is 5. The molecule has 17 nitrogen and oxygen atoms in total. The Morgan fingerprint density at radius 3 is 1.21 bits per heavy atom. The Labute approximate surface area is 504 Å². The van der Waals surface area contributed by atoms with Gasteiger partial charge in [-0.3, -0.25) is 9.97 Å². The van der Waals surface area contributed by atoms with Crippen LogP contribution in [0.1, 0.15) is 87.3 Å². The van der Waals surface area contributed by atoms with Crippen LogP contribution < -0.4 is 14.5 Å². The van der Waals surface area contributed by atoms with E-state index in [-0.39, 0.29) is 165 Å². The van der Waals surface area contributed by atoms with Gasteiger partial charge in [0, 0.05) is 168 Å². The van der Waals surface area contributed by atoms with Gasteiger partial charge in [0.1, 0.15) is 13.2 Å². The van der Waals surface area contributed by atoms with Crippen molar-refractivity contribution < 1.29 is 187 Å². The van der Waals surface area contributed by atoms with Crippen LogP contribution in [0, 0.1) is 128 Å². The normalized spacial score (nSPS) is 11.8. The van der Waals surface area contributed by atoms with Crippen LogP contribution in [0.25, 0.3) is 44.4 Å². The van der Waals surface area contributed by atoms with Crippen molar-refractivity contribution in [2.45, 2.75) is 66.2 Å². The molecule has 3 aromatic rings. The van der Waals surface area contributed by atoms with Crippen molar-refractivity contribution in [2.24, 2.45) is 0 Å². The van der Waals surface area contributed by atoms with E-state index in [1.807, 2.05) is 26.0 Å². The van der Waals surface area contributed by atoms with Gasteiger partial charge in [-0.05, 0) is 74.7 Å². The Bertz CT molecular complexity index is 2060. The third-order valence-electron chi connectivity index (χ3n) is 10.7. The van der Waals surface area contributed by atoms with Crippen LogP contribution >= 0.6 is 0 Å². The topological polar surface area (TPSA) is 243 Å². The van der Waals surface area contributed by atoms with E-state index < -0.39 is 0 Å². The quantitative estimate of drug-likeness (QED) is 0.0913. The molecule has 6 bridgehead atoms. The number of aromatic nitrogens is 5. The first kappa shape index (κ1) is 67.5. The van der Waals surface area contributed by atoms with E-state index in [1.165, 1.54) is 11.1 Å². The molecule has 374 valence electrons. The summed E-state index contributed by atoms with van der Waals surface area (Å²) in [5.74, 6) is 0.921. The van der Waals surface area contributed by atoms with E-state index in [0.29, 0.717) is 126 Å². The third kappa shape index (κ3) is 20.5. The van der Waals surface area contributed by atoms with Crippen molar-refractivity contribution in [1.29, 1.82) is 0 Å². The zero-order chi connectivity index (χ0) is 44.8. The molecule has 0 fully saturated rings. The van der Waals surface area contributed by atoms with Gasteiger partial charge in [0.15, 0.2) is 11.5 Å². The first-order valence-corrected chi connectivity index (χ1v) is 22.1. The molecule has 0 unspecified atom stereocenters. The summed E-state index contributed by atoms with van der Waals surface area (Å²) in [6.07, 6.45) is 7.61. The summed E-state index contributed by atoms with van der Waals surface area (Å²) in [6.45, 7) is 13.4. The Morgan fingerprint density at radius 1 is 0.515 bits per heavy atom. The summed E-state index contributed by atoms with van der Waals surface area (Å²) in [7, 11) is 3.27. The number of allylic oxidation sites excluding steroid dienone is 4. The van der Waals surface area contributed by atoms with Crippen LogP contribution in [0.2, 0.25) is 0 Å². The Kier molecular flexibility index (Phi) is 37.9. The predicted octanol–water partition coefficient (Wildman–Crippen LogP) is 4.97. The van der Waals surface area contributed by atoms with Crippen LogP contribution in [0.4, 0.5) is 0 Å². The molecule has 0 saturated carbocycles. The molecule has 2 aliphatic rings. The Balaban J connectivity index is 0.00000898. The van der Waals surface area contributed by atoms with Gasteiger partial charge in [-0.2, -0.15) is 0 Å². The molecule has 5 rings (SSSR count). The average molecular weight is 1520 g/mol. The SMILES string of the molecule is CCc1c(CC)c2cc3nc(cnc4cc(OCCOCCOCCOC)c(OCCOCCOCCOC)cc4ncc4nc(cc1[n-]2)C(CCCO)=C4C)C(C)=C3CCCO.O.O.[Ac].[Ac].[Gd]. The van der Waals surface area contributed by atoms with E-state index in [0.717, 1.165) is 57.6 Å². The summed E-state index contributed by atoms with van der Waals surface area (Å²) in [6, 6.07) is 7.78. The number of aliphatic hydroxyl groups is 2. The minimum Gasteiger partial charge on any atom is -0.657 e. The largest absolute Gasteiger partial charge is 0.657 e. The molecule has 2 aromatic heterocycles. The second kappa shape index (κ2) is 38.2. The van der Waals surface area contributed by atoms with E-state index in [9.17, 15) is 10.2 Å². The van der Waals surface area contributed by atoms with E-state index >= 15 is 0 Å². The molecule has 0 saturated heterocycles. The number of hydrogen-bond donors (Lipinski definition) is 2. The fraction of sp³-hybridized carbons (Fsp3) is 0.542. The second-order valence-corrected chi connectivity index (χ2v) is 14.9. The first-order chi connectivity index (χ1) is 30.9. The number of aliphatic hydroxyl groups excluding tert-OH is 2. The van der Waals surface area contributed by atoms with E-state index in [4.69, 9.17) is 62.8 Å². The average Bonchev–Trinajstić information content (AvgIpc) is 3.89. The smallest absolute Gasteiger partial charge is 0.163 e. The van der Waals surface area contributed by atoms with Crippen molar-refractivity contribution >= 4 is 44.4 Å². The van der Waals surface area contributed by atoms with Gasteiger partial charge >= 0.3 is 0 Å². The van der Waals surface area contributed by atoms with Gasteiger partial charge in [-0.15, -0.1) is 11.0 Å². The second-order valence-electron chi connectivity index (χ2n) is 14.9. The zero-order valence-electron chi connectivity index (χ0n) is 40.5. The number of benzene rings is 1. The molecule has 0 spiro atoms. The summed E-state index contributed by atoms with van der Waals surface area (Å²) >= 11 is 0. The molecule has 68 heavy (non-hydrogen) atoms. The number of rotatable bonds is 28. The van der Waals surface area contributed by atoms with Crippen molar-refractivity contribution in [2.75, 3.05) is 107 Å². The van der Waals surface area contributed by atoms with Crippen molar-refractivity contribution in [3.05, 3.63) is 70.6 Å². The molecule has 1 aromatic carbocycles. The summed E-state index contributed by atoms with van der Waals surface area (Å²) in [5.41, 5.74) is 12.2. The number of aryl methyl sites for hydroxylation is 2. The maximum absolute atomic E-state index is 9.85. The number of ether oxygens (including phenoxy) is 8. The Hall–Kier alpha value is -0.452. The monoisotopic (exact) mass is 1520 g/mol. The van der Waals surface area contributed by atoms with Crippen LogP contribution in [0.5, 0.6) is 11.5 Å². The van der Waals surface area contributed by atoms with Gasteiger partial charge in [0.2, 0.25) is 0 Å². The first-order valence-electron chi connectivity index (χ1n) is 22.1. The molecule has 20 heteroatoms. The maximum atomic E-state index is 9.85. The standard InChI is InChI=1S/C48H66N5O10.2Ac.Gd.2H2O/c1-7-35-36(8-2)40-28-42-38(12-10-14-55)34(4)46(53-42)32-50-44-30-48(63-26-24-61-22-20-59-18-16-57-6)47(62-25-23-60-21-19-58-17-15-56-5)29-43(44)49-31-45-33(3)37(11-9-13-54)41(52-45)27-39(35)51-40;;;;;/h27-32,54-55H,7-26H2,1-6H3;;;;2*1H2/q-1;;;;;. The van der Waals surface area contributed by atoms with E-state index in [1.54, 1.807) is 26.6 Å². The van der Waals surface area contributed by atoms with Crippen molar-refractivity contribution in [3.8, 4) is 11.5 Å². The maximum Gasteiger partial charge on any atom is 0.163 e. The van der Waals surface area contributed by atoms with Crippen LogP contribution in [0.15, 0.2) is 36.7 Å². The molecule has 2 radical (unpaired) electrons. The predicted molar refractivity (Wildman–Crippen MR) is 252 cm³/mol. The minimum absolute atomic E-state index is 0. The summed E-state index contributed by atoms with van der Waals surface area (Å²) in [4.78, 5) is 25.5. The van der Waals surface area contributed by atoms with Crippen molar-refractivity contribution in [3.63, 3.8) is 0 Å². The number of methoxy groups -OCH3 is 2. The Morgan fingerprint density at radius 2 is 0.868 bits per heavy atom. The van der Waals surface area contributed by atoms with Crippen LogP contribution in [-0.2, 0) is 41.3 Å². The fourth-order valence-corrected chi connectivity index (χ4v) is 7.33. The number of hydrogen-bond acceptors (Lipinski definition) is 14. The minimum atomic E-state index is 0. The van der Waals surface area contributed by atoms with Gasteiger partial charge in [-0.1, -0.05) is 37.1 Å². The van der Waals surface area contributed by atoms with Crippen LogP contribution in [0.3, 0.4) is 0 Å².